The lowest BCUT2D eigenvalue weighted by molar-refractivity contribution is 0.165. The maximum atomic E-state index is 13.3. The van der Waals surface area contributed by atoms with Crippen LogP contribution in [0.1, 0.15) is 18.6 Å². The summed E-state index contributed by atoms with van der Waals surface area (Å²) in [6.45, 7) is 2.22. The van der Waals surface area contributed by atoms with Crippen molar-refractivity contribution in [2.24, 2.45) is 0 Å². The first-order valence-electron chi connectivity index (χ1n) is 5.58. The molecule has 6 heteroatoms. The Morgan fingerprint density at radius 3 is 2.39 bits per heavy atom. The van der Waals surface area contributed by atoms with Gasteiger partial charge in [-0.1, -0.05) is 6.07 Å². The summed E-state index contributed by atoms with van der Waals surface area (Å²) in [7, 11) is -0.971. The van der Waals surface area contributed by atoms with Crippen molar-refractivity contribution >= 4 is 10.8 Å². The van der Waals surface area contributed by atoms with Gasteiger partial charge in [0.2, 0.25) is 0 Å². The zero-order valence-electron chi connectivity index (χ0n) is 10.3. The predicted octanol–water partition coefficient (Wildman–Crippen LogP) is 1.35. The van der Waals surface area contributed by atoms with Crippen LogP contribution in [0.5, 0.6) is 0 Å². The number of halogens is 2. The Balaban J connectivity index is 2.56. The third-order valence-electron chi connectivity index (χ3n) is 2.67. The van der Waals surface area contributed by atoms with Crippen molar-refractivity contribution in [1.29, 1.82) is 0 Å². The Hall–Kier alpha value is -0.850. The van der Waals surface area contributed by atoms with Gasteiger partial charge in [-0.15, -0.1) is 0 Å². The first-order valence-corrected chi connectivity index (χ1v) is 7.20. The molecule has 0 aliphatic carbocycles. The molecule has 1 rings (SSSR count). The van der Waals surface area contributed by atoms with E-state index < -0.39 is 28.5 Å². The molecule has 3 nitrogen and oxygen atoms in total. The van der Waals surface area contributed by atoms with Crippen LogP contribution in [-0.2, 0) is 10.8 Å². The van der Waals surface area contributed by atoms with E-state index in [-0.39, 0.29) is 17.4 Å². The highest BCUT2D eigenvalue weighted by molar-refractivity contribution is 7.84. The molecule has 0 saturated carbocycles. The molecule has 0 fully saturated rings. The van der Waals surface area contributed by atoms with Crippen LogP contribution in [0, 0.1) is 11.6 Å². The summed E-state index contributed by atoms with van der Waals surface area (Å²) in [5, 5.41) is 12.5. The Morgan fingerprint density at radius 1 is 1.33 bits per heavy atom. The molecule has 0 saturated heterocycles. The number of aliphatic hydroxyl groups excluding tert-OH is 1. The molecular weight excluding hydrogens is 260 g/mol. The van der Waals surface area contributed by atoms with Gasteiger partial charge in [-0.2, -0.15) is 0 Å². The van der Waals surface area contributed by atoms with Crippen molar-refractivity contribution < 1.29 is 18.1 Å². The molecule has 1 aromatic rings. The van der Waals surface area contributed by atoms with E-state index in [1.165, 1.54) is 6.07 Å². The maximum Gasteiger partial charge on any atom is 0.131 e. The maximum absolute atomic E-state index is 13.3. The van der Waals surface area contributed by atoms with Gasteiger partial charge in [0.15, 0.2) is 0 Å². The number of rotatable bonds is 6. The zero-order valence-corrected chi connectivity index (χ0v) is 11.1. The Kier molecular flexibility index (Phi) is 5.84. The van der Waals surface area contributed by atoms with Gasteiger partial charge in [-0.3, -0.25) is 4.21 Å². The highest BCUT2D eigenvalue weighted by Crippen LogP contribution is 2.19. The zero-order chi connectivity index (χ0) is 13.7. The summed E-state index contributed by atoms with van der Waals surface area (Å²) in [6, 6.07) is 3.45. The fraction of sp³-hybridized carbons (Fsp3) is 0.500. The lowest BCUT2D eigenvalue weighted by atomic mass is 10.1. The first kappa shape index (κ1) is 15.2. The molecule has 0 amide bonds. The summed E-state index contributed by atoms with van der Waals surface area (Å²) in [5.74, 6) is -1.53. The lowest BCUT2D eigenvalue weighted by Crippen LogP contribution is -2.31. The minimum Gasteiger partial charge on any atom is -0.387 e. The molecule has 102 valence electrons. The van der Waals surface area contributed by atoms with Gasteiger partial charge in [0.1, 0.15) is 11.6 Å². The van der Waals surface area contributed by atoms with E-state index in [9.17, 15) is 18.1 Å². The summed E-state index contributed by atoms with van der Waals surface area (Å²) in [5.41, 5.74) is -0.338. The normalized spacial score (nSPS) is 16.3. The van der Waals surface area contributed by atoms with Crippen molar-refractivity contribution in [3.63, 3.8) is 0 Å². The van der Waals surface area contributed by atoms with E-state index in [0.717, 1.165) is 12.1 Å². The molecular formula is C12H17F2NO2S. The quantitative estimate of drug-likeness (QED) is 0.825. The smallest absolute Gasteiger partial charge is 0.131 e. The second kappa shape index (κ2) is 6.92. The second-order valence-electron chi connectivity index (χ2n) is 4.12. The average Bonchev–Trinajstić information content (AvgIpc) is 2.28. The number of aliphatic hydroxyl groups is 1. The van der Waals surface area contributed by atoms with E-state index in [2.05, 4.69) is 5.32 Å². The van der Waals surface area contributed by atoms with Crippen LogP contribution in [0.3, 0.4) is 0 Å². The number of benzene rings is 1. The molecule has 1 aromatic carbocycles. The third-order valence-corrected chi connectivity index (χ3v) is 3.97. The van der Waals surface area contributed by atoms with Crippen LogP contribution in [0.2, 0.25) is 0 Å². The average molecular weight is 277 g/mol. The van der Waals surface area contributed by atoms with Gasteiger partial charge >= 0.3 is 0 Å². The topological polar surface area (TPSA) is 49.3 Å². The van der Waals surface area contributed by atoms with E-state index >= 15 is 0 Å². The first-order chi connectivity index (χ1) is 8.43. The molecule has 0 aliphatic rings. The van der Waals surface area contributed by atoms with Crippen LogP contribution >= 0.6 is 0 Å². The van der Waals surface area contributed by atoms with Gasteiger partial charge < -0.3 is 10.4 Å². The largest absolute Gasteiger partial charge is 0.387 e. The number of hydrogen-bond acceptors (Lipinski definition) is 3. The SMILES string of the molecule is CC(CNCC(O)c1c(F)cccc1F)S(C)=O. The second-order valence-corrected chi connectivity index (χ2v) is 5.92. The monoisotopic (exact) mass is 277 g/mol. The van der Waals surface area contributed by atoms with Crippen LogP contribution in [0.4, 0.5) is 8.78 Å². The molecule has 0 heterocycles. The van der Waals surface area contributed by atoms with E-state index in [0.29, 0.717) is 6.54 Å². The minimum absolute atomic E-state index is 0.0133. The number of hydrogen-bond donors (Lipinski definition) is 2. The van der Waals surface area contributed by atoms with Crippen molar-refractivity contribution in [3.05, 3.63) is 35.4 Å². The molecule has 0 spiro atoms. The predicted molar refractivity (Wildman–Crippen MR) is 67.7 cm³/mol. The summed E-state index contributed by atoms with van der Waals surface area (Å²) in [4.78, 5) is 0. The van der Waals surface area contributed by atoms with Crippen molar-refractivity contribution in [3.8, 4) is 0 Å². The van der Waals surface area contributed by atoms with Crippen molar-refractivity contribution in [2.75, 3.05) is 19.3 Å². The summed E-state index contributed by atoms with van der Waals surface area (Å²) >= 11 is 0. The van der Waals surface area contributed by atoms with Gasteiger partial charge in [0, 0.05) is 35.4 Å². The van der Waals surface area contributed by atoms with Crippen LogP contribution in [0.25, 0.3) is 0 Å². The summed E-state index contributed by atoms with van der Waals surface area (Å²) < 4.78 is 37.8. The third kappa shape index (κ3) is 4.12. The minimum atomic E-state index is -1.26. The molecule has 0 bridgehead atoms. The van der Waals surface area contributed by atoms with Crippen LogP contribution < -0.4 is 5.32 Å². The molecule has 18 heavy (non-hydrogen) atoms. The fourth-order valence-corrected chi connectivity index (χ4v) is 1.82. The molecule has 3 atom stereocenters. The lowest BCUT2D eigenvalue weighted by Gasteiger charge is -2.15. The van der Waals surface area contributed by atoms with Gasteiger partial charge in [-0.05, 0) is 19.1 Å². The van der Waals surface area contributed by atoms with Crippen LogP contribution in [0.15, 0.2) is 18.2 Å². The van der Waals surface area contributed by atoms with E-state index in [4.69, 9.17) is 0 Å². The Labute approximate surface area is 108 Å². The van der Waals surface area contributed by atoms with Gasteiger partial charge in [-0.25, -0.2) is 8.78 Å². The molecule has 0 radical (unpaired) electrons. The standard InChI is InChI=1S/C12H17F2NO2S/c1-8(18(2)17)6-15-7-11(16)12-9(13)4-3-5-10(12)14/h3-5,8,11,15-16H,6-7H2,1-2H3. The van der Waals surface area contributed by atoms with Crippen molar-refractivity contribution in [1.82, 2.24) is 5.32 Å². The molecule has 0 aliphatic heterocycles. The highest BCUT2D eigenvalue weighted by Gasteiger charge is 2.17. The Morgan fingerprint density at radius 2 is 1.89 bits per heavy atom. The molecule has 2 N–H and O–H groups in total. The highest BCUT2D eigenvalue weighted by atomic mass is 32.2. The van der Waals surface area contributed by atoms with Crippen molar-refractivity contribution in [2.45, 2.75) is 18.3 Å². The van der Waals surface area contributed by atoms with Crippen LogP contribution in [-0.4, -0.2) is 33.9 Å². The Bertz CT molecular complexity index is 408. The molecule has 0 aromatic heterocycles. The molecule has 3 unspecified atom stereocenters. The number of nitrogens with one attached hydrogen (secondary N) is 1. The van der Waals surface area contributed by atoms with Gasteiger partial charge in [0.05, 0.1) is 11.7 Å². The fourth-order valence-electron chi connectivity index (χ4n) is 1.47. The summed E-state index contributed by atoms with van der Waals surface area (Å²) in [6.07, 6.45) is 0.322. The van der Waals surface area contributed by atoms with E-state index in [1.807, 2.05) is 0 Å². The van der Waals surface area contributed by atoms with Gasteiger partial charge in [0.25, 0.3) is 0 Å². The van der Waals surface area contributed by atoms with E-state index in [1.54, 1.807) is 13.2 Å².